The van der Waals surface area contributed by atoms with Crippen molar-refractivity contribution in [2.75, 3.05) is 0 Å². The van der Waals surface area contributed by atoms with Gasteiger partial charge in [0.1, 0.15) is 6.04 Å². The maximum Gasteiger partial charge on any atom is 0.326 e. The predicted molar refractivity (Wildman–Crippen MR) is 89.0 cm³/mol. The molecule has 2 atom stereocenters. The summed E-state index contributed by atoms with van der Waals surface area (Å²) in [5.74, 6) is -2.56. The van der Waals surface area contributed by atoms with E-state index in [0.29, 0.717) is 23.1 Å². The number of carboxylic acid groups (broad SMARTS) is 1. The van der Waals surface area contributed by atoms with Crippen molar-refractivity contribution in [1.29, 1.82) is 0 Å². The highest BCUT2D eigenvalue weighted by Crippen LogP contribution is 2.40. The molecule has 26 heavy (non-hydrogen) atoms. The third-order valence-electron chi connectivity index (χ3n) is 4.60. The first-order valence-corrected chi connectivity index (χ1v) is 7.83. The van der Waals surface area contributed by atoms with E-state index in [2.05, 4.69) is 0 Å². The van der Waals surface area contributed by atoms with Crippen LogP contribution in [0.4, 0.5) is 0 Å². The van der Waals surface area contributed by atoms with Crippen LogP contribution in [0.25, 0.3) is 0 Å². The monoisotopic (exact) mass is 359 g/mol. The highest BCUT2D eigenvalue weighted by molar-refractivity contribution is 5.78. The molecule has 3 rings (SSSR count). The Labute approximate surface area is 148 Å². The second kappa shape index (κ2) is 6.47. The number of hydrogen-bond acceptors (Lipinski definition) is 6. The number of rotatable bonds is 4. The fraction of sp³-hybridized carbons (Fsp3) is 0.222. The molecule has 0 fully saturated rings. The first-order chi connectivity index (χ1) is 12.3. The van der Waals surface area contributed by atoms with Crippen molar-refractivity contribution in [2.45, 2.75) is 24.9 Å². The van der Waals surface area contributed by atoms with E-state index in [4.69, 9.17) is 0 Å². The molecule has 0 unspecified atom stereocenters. The largest absolute Gasteiger partial charge is 0.504 e. The summed E-state index contributed by atoms with van der Waals surface area (Å²) in [6, 6.07) is 4.91. The van der Waals surface area contributed by atoms with Gasteiger partial charge in [-0.25, -0.2) is 4.79 Å². The number of carboxylic acids is 1. The first kappa shape index (κ1) is 17.4. The maximum atomic E-state index is 11.6. The minimum absolute atomic E-state index is 0.00538. The lowest BCUT2D eigenvalue weighted by atomic mass is 9.85. The SMILES string of the molecule is O=CN1[C@H](C(=O)O)Cc2cc(O)c(O)cc2[C@@H]1Cc1ccc(O)c(O)c1. The van der Waals surface area contributed by atoms with Gasteiger partial charge >= 0.3 is 5.97 Å². The van der Waals surface area contributed by atoms with Crippen LogP contribution in [0, 0.1) is 0 Å². The zero-order valence-corrected chi connectivity index (χ0v) is 13.5. The van der Waals surface area contributed by atoms with Crippen LogP contribution in [0.1, 0.15) is 22.7 Å². The van der Waals surface area contributed by atoms with Crippen molar-refractivity contribution < 1.29 is 35.1 Å². The summed E-state index contributed by atoms with van der Waals surface area (Å²) in [4.78, 5) is 24.4. The fourth-order valence-electron chi connectivity index (χ4n) is 3.31. The summed E-state index contributed by atoms with van der Waals surface area (Å²) in [6.07, 6.45) is 0.582. The average molecular weight is 359 g/mol. The van der Waals surface area contributed by atoms with E-state index in [0.717, 1.165) is 4.90 Å². The van der Waals surface area contributed by atoms with Gasteiger partial charge in [0.25, 0.3) is 0 Å². The van der Waals surface area contributed by atoms with Crippen LogP contribution in [-0.4, -0.2) is 48.9 Å². The molecule has 8 nitrogen and oxygen atoms in total. The van der Waals surface area contributed by atoms with Gasteiger partial charge in [0.15, 0.2) is 23.0 Å². The van der Waals surface area contributed by atoms with Gasteiger partial charge in [-0.3, -0.25) is 4.79 Å². The topological polar surface area (TPSA) is 139 Å². The van der Waals surface area contributed by atoms with Gasteiger partial charge in [0.2, 0.25) is 6.41 Å². The first-order valence-electron chi connectivity index (χ1n) is 7.83. The Morgan fingerprint density at radius 2 is 1.69 bits per heavy atom. The average Bonchev–Trinajstić information content (AvgIpc) is 2.59. The lowest BCUT2D eigenvalue weighted by molar-refractivity contribution is -0.148. The molecular formula is C18H17NO7. The Kier molecular flexibility index (Phi) is 4.33. The molecule has 0 radical (unpaired) electrons. The van der Waals surface area contributed by atoms with Crippen molar-refractivity contribution in [2.24, 2.45) is 0 Å². The molecule has 136 valence electrons. The maximum absolute atomic E-state index is 11.6. The highest BCUT2D eigenvalue weighted by atomic mass is 16.4. The number of phenolic OH excluding ortho intramolecular Hbond substituents is 4. The quantitative estimate of drug-likeness (QED) is 0.409. The standard InChI is InChI=1S/C18H17NO7/c20-8-19-12(3-9-1-2-14(21)15(22)4-9)11-7-17(24)16(23)6-10(11)5-13(19)18(25)26/h1-2,4,6-8,12-13,21-24H,3,5H2,(H,25,26)/t12-,13-/m0/s1. The number of hydrogen-bond donors (Lipinski definition) is 5. The third kappa shape index (κ3) is 2.97. The van der Waals surface area contributed by atoms with Crippen LogP contribution >= 0.6 is 0 Å². The Hall–Kier alpha value is -3.42. The molecule has 1 heterocycles. The minimum Gasteiger partial charge on any atom is -0.504 e. The molecule has 0 saturated heterocycles. The molecule has 5 N–H and O–H groups in total. The molecule has 0 aliphatic carbocycles. The van der Waals surface area contributed by atoms with E-state index in [1.54, 1.807) is 6.07 Å². The van der Waals surface area contributed by atoms with E-state index in [9.17, 15) is 35.1 Å². The number of fused-ring (bicyclic) bond motifs is 1. The van der Waals surface area contributed by atoms with E-state index in [1.165, 1.54) is 24.3 Å². The Balaban J connectivity index is 2.09. The third-order valence-corrected chi connectivity index (χ3v) is 4.60. The van der Waals surface area contributed by atoms with Crippen molar-refractivity contribution in [3.05, 3.63) is 47.0 Å². The molecule has 2 aromatic rings. The van der Waals surface area contributed by atoms with Crippen LogP contribution in [0.15, 0.2) is 30.3 Å². The van der Waals surface area contributed by atoms with Crippen molar-refractivity contribution >= 4 is 12.4 Å². The number of nitrogens with zero attached hydrogens (tertiary/aromatic N) is 1. The summed E-state index contributed by atoms with van der Waals surface area (Å²) in [6.45, 7) is 0. The zero-order valence-electron chi connectivity index (χ0n) is 13.5. The second-order valence-corrected chi connectivity index (χ2v) is 6.19. The molecule has 1 amide bonds. The van der Waals surface area contributed by atoms with Gasteiger partial charge in [-0.05, 0) is 47.4 Å². The van der Waals surface area contributed by atoms with Gasteiger partial charge in [-0.2, -0.15) is 0 Å². The number of amides is 1. The highest BCUT2D eigenvalue weighted by Gasteiger charge is 2.38. The number of aliphatic carboxylic acids is 1. The molecule has 0 bridgehead atoms. The Morgan fingerprint density at radius 1 is 1.04 bits per heavy atom. The van der Waals surface area contributed by atoms with Gasteiger partial charge in [0.05, 0.1) is 6.04 Å². The van der Waals surface area contributed by atoms with Crippen LogP contribution in [0.5, 0.6) is 23.0 Å². The zero-order chi connectivity index (χ0) is 19.0. The van der Waals surface area contributed by atoms with E-state index in [-0.39, 0.29) is 35.8 Å². The van der Waals surface area contributed by atoms with Crippen molar-refractivity contribution in [3.8, 4) is 23.0 Å². The summed E-state index contributed by atoms with van der Waals surface area (Å²) in [7, 11) is 0. The molecule has 8 heteroatoms. The van der Waals surface area contributed by atoms with Crippen LogP contribution in [-0.2, 0) is 22.4 Å². The molecular weight excluding hydrogens is 342 g/mol. The Bertz CT molecular complexity index is 880. The lowest BCUT2D eigenvalue weighted by Crippen LogP contribution is -2.48. The molecule has 2 aromatic carbocycles. The molecule has 1 aliphatic heterocycles. The Morgan fingerprint density at radius 3 is 2.31 bits per heavy atom. The summed E-state index contributed by atoms with van der Waals surface area (Å²) >= 11 is 0. The molecule has 0 saturated carbocycles. The fourth-order valence-corrected chi connectivity index (χ4v) is 3.31. The normalized spacial score (nSPS) is 19.0. The van der Waals surface area contributed by atoms with Crippen molar-refractivity contribution in [1.82, 2.24) is 4.90 Å². The molecule has 0 spiro atoms. The van der Waals surface area contributed by atoms with E-state index in [1.807, 2.05) is 0 Å². The van der Waals surface area contributed by atoms with Crippen LogP contribution in [0.3, 0.4) is 0 Å². The molecule has 0 aromatic heterocycles. The van der Waals surface area contributed by atoms with Gasteiger partial charge in [-0.15, -0.1) is 0 Å². The predicted octanol–water partition coefficient (Wildman–Crippen LogP) is 1.26. The minimum atomic E-state index is -1.19. The van der Waals surface area contributed by atoms with Gasteiger partial charge in [0, 0.05) is 6.42 Å². The number of benzene rings is 2. The van der Waals surface area contributed by atoms with E-state index < -0.39 is 18.1 Å². The van der Waals surface area contributed by atoms with Crippen LogP contribution in [0.2, 0.25) is 0 Å². The number of phenols is 4. The number of aromatic hydroxyl groups is 4. The van der Waals surface area contributed by atoms with Gasteiger partial charge < -0.3 is 30.4 Å². The number of carbonyl (C=O) groups is 2. The van der Waals surface area contributed by atoms with Gasteiger partial charge in [-0.1, -0.05) is 6.07 Å². The van der Waals surface area contributed by atoms with Crippen LogP contribution < -0.4 is 0 Å². The summed E-state index contributed by atoms with van der Waals surface area (Å²) in [5, 5.41) is 48.1. The smallest absolute Gasteiger partial charge is 0.326 e. The second-order valence-electron chi connectivity index (χ2n) is 6.19. The van der Waals surface area contributed by atoms with E-state index >= 15 is 0 Å². The molecule has 1 aliphatic rings. The summed E-state index contributed by atoms with van der Waals surface area (Å²) in [5.41, 5.74) is 1.58. The number of carbonyl (C=O) groups excluding carboxylic acids is 1. The van der Waals surface area contributed by atoms with Crippen molar-refractivity contribution in [3.63, 3.8) is 0 Å². The lowest BCUT2D eigenvalue weighted by Gasteiger charge is -2.39. The summed E-state index contributed by atoms with van der Waals surface area (Å²) < 4.78 is 0.